The molecule has 63 valence electrons. The monoisotopic (exact) mass is 155 g/mol. The second-order valence-electron chi connectivity index (χ2n) is 2.64. The van der Waals surface area contributed by atoms with Gasteiger partial charge in [-0.15, -0.1) is 0 Å². The van der Waals surface area contributed by atoms with E-state index in [2.05, 4.69) is 0 Å². The molecule has 0 fully saturated rings. The van der Waals surface area contributed by atoms with Crippen LogP contribution in [0.5, 0.6) is 0 Å². The van der Waals surface area contributed by atoms with Crippen LogP contribution in [0.3, 0.4) is 0 Å². The van der Waals surface area contributed by atoms with Crippen LogP contribution in [0.2, 0.25) is 0 Å². The van der Waals surface area contributed by atoms with Crippen LogP contribution in [0.1, 0.15) is 45.4 Å². The van der Waals surface area contributed by atoms with E-state index < -0.39 is 0 Å². The molecule has 0 N–H and O–H groups in total. The highest BCUT2D eigenvalue weighted by Gasteiger charge is 1.98. The third kappa shape index (κ3) is 7.23. The first-order valence-corrected chi connectivity index (χ1v) is 4.18. The van der Waals surface area contributed by atoms with E-state index in [0.29, 0.717) is 25.0 Å². The molecule has 0 heterocycles. The zero-order chi connectivity index (χ0) is 8.53. The van der Waals surface area contributed by atoms with Gasteiger partial charge in [-0.25, -0.2) is 0 Å². The molecule has 0 aliphatic heterocycles. The van der Waals surface area contributed by atoms with E-state index in [9.17, 15) is 9.59 Å². The van der Waals surface area contributed by atoms with Gasteiger partial charge in [-0.3, -0.25) is 9.59 Å². The van der Waals surface area contributed by atoms with Crippen molar-refractivity contribution in [2.45, 2.75) is 45.4 Å². The molecular weight excluding hydrogens is 140 g/mol. The van der Waals surface area contributed by atoms with Crippen LogP contribution in [0.15, 0.2) is 0 Å². The summed E-state index contributed by atoms with van der Waals surface area (Å²) >= 11 is 0. The predicted molar refractivity (Wildman–Crippen MR) is 44.1 cm³/mol. The molecule has 0 bridgehead atoms. The first-order valence-electron chi connectivity index (χ1n) is 4.18. The van der Waals surface area contributed by atoms with Gasteiger partial charge in [0.1, 0.15) is 5.78 Å². The van der Waals surface area contributed by atoms with Gasteiger partial charge in [-0.1, -0.05) is 6.92 Å². The maximum Gasteiger partial charge on any atom is 0.198 e. The van der Waals surface area contributed by atoms with Crippen molar-refractivity contribution in [3.05, 3.63) is 0 Å². The fourth-order valence-electron chi connectivity index (χ4n) is 0.923. The third-order valence-electron chi connectivity index (χ3n) is 1.51. The molecule has 2 nitrogen and oxygen atoms in total. The zero-order valence-electron chi connectivity index (χ0n) is 7.06. The van der Waals surface area contributed by atoms with Gasteiger partial charge in [-0.2, -0.15) is 0 Å². The van der Waals surface area contributed by atoms with Gasteiger partial charge in [0.15, 0.2) is 6.29 Å². The summed E-state index contributed by atoms with van der Waals surface area (Å²) in [6.07, 6.45) is 6.18. The quantitative estimate of drug-likeness (QED) is 0.527. The van der Waals surface area contributed by atoms with Gasteiger partial charge in [0.05, 0.1) is 0 Å². The summed E-state index contributed by atoms with van der Waals surface area (Å²) < 4.78 is 0. The zero-order valence-corrected chi connectivity index (χ0v) is 7.06. The van der Waals surface area contributed by atoms with Crippen molar-refractivity contribution in [2.75, 3.05) is 0 Å². The van der Waals surface area contributed by atoms with E-state index in [1.165, 1.54) is 0 Å². The molecule has 0 atom stereocenters. The minimum atomic E-state index is 0.318. The van der Waals surface area contributed by atoms with Crippen LogP contribution in [0.4, 0.5) is 0 Å². The highest BCUT2D eigenvalue weighted by atomic mass is 16.1. The van der Waals surface area contributed by atoms with E-state index in [1.807, 2.05) is 13.2 Å². The van der Waals surface area contributed by atoms with Crippen molar-refractivity contribution in [1.82, 2.24) is 0 Å². The molecule has 1 radical (unpaired) electrons. The van der Waals surface area contributed by atoms with Crippen LogP contribution < -0.4 is 0 Å². The van der Waals surface area contributed by atoms with Gasteiger partial charge < -0.3 is 0 Å². The standard InChI is InChI=1S/C9H15O2/c1-2-6-9(11)7-4-3-5-8-10/h2-7H2,1H3. The smallest absolute Gasteiger partial charge is 0.198 e. The van der Waals surface area contributed by atoms with Crippen LogP contribution in [0, 0.1) is 0 Å². The Morgan fingerprint density at radius 1 is 1.27 bits per heavy atom. The minimum absolute atomic E-state index is 0.318. The van der Waals surface area contributed by atoms with Crippen LogP contribution in [-0.4, -0.2) is 12.1 Å². The Hall–Kier alpha value is -0.660. The van der Waals surface area contributed by atoms with Crippen LogP contribution in [-0.2, 0) is 9.59 Å². The number of ketones is 1. The molecule has 2 heteroatoms. The topological polar surface area (TPSA) is 34.1 Å². The Morgan fingerprint density at radius 2 is 2.00 bits per heavy atom. The molecule has 0 aromatic heterocycles. The van der Waals surface area contributed by atoms with Crippen molar-refractivity contribution >= 4 is 12.1 Å². The second kappa shape index (κ2) is 7.45. The average molecular weight is 155 g/mol. The van der Waals surface area contributed by atoms with Gasteiger partial charge in [0.25, 0.3) is 0 Å². The maximum atomic E-state index is 10.9. The van der Waals surface area contributed by atoms with E-state index in [4.69, 9.17) is 0 Å². The average Bonchev–Trinajstić information content (AvgIpc) is 1.99. The van der Waals surface area contributed by atoms with Crippen molar-refractivity contribution in [1.29, 1.82) is 0 Å². The molecule has 0 spiro atoms. The predicted octanol–water partition coefficient (Wildman–Crippen LogP) is 2.03. The van der Waals surface area contributed by atoms with E-state index in [1.54, 1.807) is 0 Å². The Balaban J connectivity index is 3.10. The molecule has 0 aromatic carbocycles. The number of rotatable bonds is 7. The van der Waals surface area contributed by atoms with Gasteiger partial charge in [0, 0.05) is 19.3 Å². The van der Waals surface area contributed by atoms with Crippen molar-refractivity contribution in [3.63, 3.8) is 0 Å². The normalized spacial score (nSPS) is 9.55. The molecule has 0 amide bonds. The van der Waals surface area contributed by atoms with Gasteiger partial charge in [0.2, 0.25) is 0 Å². The Labute approximate surface area is 68.0 Å². The summed E-state index contributed by atoms with van der Waals surface area (Å²) in [5, 5.41) is 0. The fourth-order valence-corrected chi connectivity index (χ4v) is 0.923. The lowest BCUT2D eigenvalue weighted by molar-refractivity contribution is -0.119. The summed E-state index contributed by atoms with van der Waals surface area (Å²) in [6.45, 7) is 2.00. The molecule has 0 aliphatic rings. The summed E-state index contributed by atoms with van der Waals surface area (Å²) in [5.41, 5.74) is 0. The van der Waals surface area contributed by atoms with Crippen molar-refractivity contribution in [2.24, 2.45) is 0 Å². The van der Waals surface area contributed by atoms with Gasteiger partial charge in [-0.05, 0) is 19.3 Å². The third-order valence-corrected chi connectivity index (χ3v) is 1.51. The molecule has 0 saturated heterocycles. The number of hydrogen-bond acceptors (Lipinski definition) is 2. The number of hydrogen-bond donors (Lipinski definition) is 0. The lowest BCUT2D eigenvalue weighted by Gasteiger charge is -1.95. The number of Topliss-reactive ketones (excluding diaryl/α,β-unsaturated/α-hetero) is 1. The Bertz CT molecular complexity index is 119. The summed E-state index contributed by atoms with van der Waals surface area (Å²) in [6, 6.07) is 0. The molecular formula is C9H15O2. The summed E-state index contributed by atoms with van der Waals surface area (Å²) in [5.74, 6) is 0.318. The first kappa shape index (κ1) is 10.3. The molecule has 0 aromatic rings. The Morgan fingerprint density at radius 3 is 2.55 bits per heavy atom. The van der Waals surface area contributed by atoms with Crippen LogP contribution >= 0.6 is 0 Å². The molecule has 0 saturated carbocycles. The second-order valence-corrected chi connectivity index (χ2v) is 2.64. The first-order chi connectivity index (χ1) is 5.31. The van der Waals surface area contributed by atoms with E-state index >= 15 is 0 Å². The molecule has 0 unspecified atom stereocenters. The largest absolute Gasteiger partial charge is 0.300 e. The fraction of sp³-hybridized carbons (Fsp3) is 0.778. The highest BCUT2D eigenvalue weighted by Crippen LogP contribution is 2.02. The number of carbonyl (C=O) groups is 1. The highest BCUT2D eigenvalue weighted by molar-refractivity contribution is 5.78. The molecule has 11 heavy (non-hydrogen) atoms. The summed E-state index contributed by atoms with van der Waals surface area (Å²) in [4.78, 5) is 20.7. The van der Waals surface area contributed by atoms with E-state index in [0.717, 1.165) is 19.3 Å². The van der Waals surface area contributed by atoms with Crippen molar-refractivity contribution < 1.29 is 9.59 Å². The minimum Gasteiger partial charge on any atom is -0.300 e. The number of carbonyl (C=O) groups excluding carboxylic acids is 2. The SMILES string of the molecule is CCCC(=O)CCCC[C]=O. The van der Waals surface area contributed by atoms with Gasteiger partial charge >= 0.3 is 0 Å². The molecule has 0 aliphatic carbocycles. The lowest BCUT2D eigenvalue weighted by atomic mass is 10.1. The maximum absolute atomic E-state index is 10.9. The number of unbranched alkanes of at least 4 members (excludes halogenated alkanes) is 2. The summed E-state index contributed by atoms with van der Waals surface area (Å²) in [7, 11) is 0. The Kier molecular flexibility index (Phi) is 7.00. The van der Waals surface area contributed by atoms with Crippen molar-refractivity contribution in [3.8, 4) is 0 Å². The lowest BCUT2D eigenvalue weighted by Crippen LogP contribution is -1.96. The van der Waals surface area contributed by atoms with E-state index in [-0.39, 0.29) is 0 Å². The van der Waals surface area contributed by atoms with Crippen LogP contribution in [0.25, 0.3) is 0 Å². The molecule has 0 rings (SSSR count).